The second-order valence-corrected chi connectivity index (χ2v) is 6.86. The van der Waals surface area contributed by atoms with Crippen LogP contribution < -0.4 is 10.6 Å². The molecule has 3 aromatic rings. The summed E-state index contributed by atoms with van der Waals surface area (Å²) in [6, 6.07) is 13.9. The SMILES string of the molecule is Cc1cccc(NC(=O)c2cnc(Nc3ccccc3C(C)C)cn2)c1C. The van der Waals surface area contributed by atoms with Gasteiger partial charge >= 0.3 is 0 Å². The molecule has 1 aromatic heterocycles. The lowest BCUT2D eigenvalue weighted by atomic mass is 10.0. The molecule has 0 spiro atoms. The van der Waals surface area contributed by atoms with Gasteiger partial charge in [-0.05, 0) is 48.6 Å². The van der Waals surface area contributed by atoms with E-state index in [-0.39, 0.29) is 11.6 Å². The first kappa shape index (κ1) is 18.6. The Bertz CT molecular complexity index is 949. The normalized spacial score (nSPS) is 10.7. The van der Waals surface area contributed by atoms with Crippen LogP contribution in [-0.4, -0.2) is 15.9 Å². The molecule has 1 heterocycles. The third kappa shape index (κ3) is 4.31. The Labute approximate surface area is 159 Å². The van der Waals surface area contributed by atoms with Crippen LogP contribution >= 0.6 is 0 Å². The van der Waals surface area contributed by atoms with E-state index in [4.69, 9.17) is 0 Å². The van der Waals surface area contributed by atoms with Crippen molar-refractivity contribution in [2.75, 3.05) is 10.6 Å². The number of aryl methyl sites for hydroxylation is 1. The number of carbonyl (C=O) groups excluding carboxylic acids is 1. The van der Waals surface area contributed by atoms with Crippen molar-refractivity contribution >= 4 is 23.1 Å². The first-order valence-electron chi connectivity index (χ1n) is 9.01. The number of rotatable bonds is 5. The number of benzene rings is 2. The molecule has 1 amide bonds. The second-order valence-electron chi connectivity index (χ2n) is 6.86. The van der Waals surface area contributed by atoms with Crippen molar-refractivity contribution < 1.29 is 4.79 Å². The molecule has 2 aromatic carbocycles. The van der Waals surface area contributed by atoms with Crippen LogP contribution in [0, 0.1) is 13.8 Å². The molecule has 2 N–H and O–H groups in total. The van der Waals surface area contributed by atoms with E-state index in [9.17, 15) is 4.79 Å². The fourth-order valence-corrected chi connectivity index (χ4v) is 2.83. The van der Waals surface area contributed by atoms with E-state index in [1.165, 1.54) is 11.8 Å². The van der Waals surface area contributed by atoms with Gasteiger partial charge in [0.15, 0.2) is 0 Å². The number of amides is 1. The van der Waals surface area contributed by atoms with Crippen molar-refractivity contribution in [3.8, 4) is 0 Å². The molecule has 0 unspecified atom stereocenters. The summed E-state index contributed by atoms with van der Waals surface area (Å²) in [5.74, 6) is 0.723. The van der Waals surface area contributed by atoms with Gasteiger partial charge < -0.3 is 10.6 Å². The molecule has 138 valence electrons. The molecule has 0 fully saturated rings. The van der Waals surface area contributed by atoms with Gasteiger partial charge in [-0.25, -0.2) is 9.97 Å². The fraction of sp³-hybridized carbons (Fsp3) is 0.227. The van der Waals surface area contributed by atoms with Crippen LogP contribution in [0.15, 0.2) is 54.9 Å². The highest BCUT2D eigenvalue weighted by atomic mass is 16.1. The lowest BCUT2D eigenvalue weighted by Crippen LogP contribution is -2.15. The predicted molar refractivity (Wildman–Crippen MR) is 110 cm³/mol. The molecule has 0 aliphatic heterocycles. The topological polar surface area (TPSA) is 66.9 Å². The van der Waals surface area contributed by atoms with Gasteiger partial charge in [-0.15, -0.1) is 0 Å². The summed E-state index contributed by atoms with van der Waals surface area (Å²) in [4.78, 5) is 21.1. The Kier molecular flexibility index (Phi) is 5.50. The lowest BCUT2D eigenvalue weighted by molar-refractivity contribution is 0.102. The summed E-state index contributed by atoms with van der Waals surface area (Å²) in [6.45, 7) is 8.29. The van der Waals surface area contributed by atoms with Gasteiger partial charge in [0.1, 0.15) is 11.5 Å². The quantitative estimate of drug-likeness (QED) is 0.655. The number of aromatic nitrogens is 2. The minimum absolute atomic E-state index is 0.273. The lowest BCUT2D eigenvalue weighted by Gasteiger charge is -2.14. The van der Waals surface area contributed by atoms with Gasteiger partial charge in [-0.1, -0.05) is 44.2 Å². The summed E-state index contributed by atoms with van der Waals surface area (Å²) in [5.41, 5.74) is 5.43. The molecule has 0 bridgehead atoms. The zero-order chi connectivity index (χ0) is 19.4. The van der Waals surface area contributed by atoms with Crippen molar-refractivity contribution in [2.24, 2.45) is 0 Å². The Morgan fingerprint density at radius 3 is 2.37 bits per heavy atom. The molecule has 0 saturated carbocycles. The third-order valence-electron chi connectivity index (χ3n) is 4.58. The van der Waals surface area contributed by atoms with Gasteiger partial charge in [-0.3, -0.25) is 4.79 Å². The van der Waals surface area contributed by atoms with Crippen LogP contribution in [0.5, 0.6) is 0 Å². The molecular formula is C22H24N4O. The number of nitrogens with zero attached hydrogens (tertiary/aromatic N) is 2. The molecule has 5 heteroatoms. The average molecular weight is 360 g/mol. The Morgan fingerprint density at radius 1 is 0.926 bits per heavy atom. The van der Waals surface area contributed by atoms with Crippen LogP contribution in [0.2, 0.25) is 0 Å². The molecule has 0 radical (unpaired) electrons. The summed E-state index contributed by atoms with van der Waals surface area (Å²) in [5, 5.41) is 6.18. The Morgan fingerprint density at radius 2 is 1.67 bits per heavy atom. The summed E-state index contributed by atoms with van der Waals surface area (Å²) in [6.07, 6.45) is 3.07. The number of hydrogen-bond donors (Lipinski definition) is 2. The molecule has 0 aliphatic carbocycles. The number of carbonyl (C=O) groups is 1. The van der Waals surface area contributed by atoms with Crippen molar-refractivity contribution in [2.45, 2.75) is 33.6 Å². The summed E-state index contributed by atoms with van der Waals surface area (Å²) >= 11 is 0. The monoisotopic (exact) mass is 360 g/mol. The maximum Gasteiger partial charge on any atom is 0.275 e. The number of hydrogen-bond acceptors (Lipinski definition) is 4. The minimum atomic E-state index is -0.273. The zero-order valence-corrected chi connectivity index (χ0v) is 16.1. The van der Waals surface area contributed by atoms with Gasteiger partial charge in [0, 0.05) is 11.4 Å². The van der Waals surface area contributed by atoms with Crippen molar-refractivity contribution in [3.05, 3.63) is 77.2 Å². The zero-order valence-electron chi connectivity index (χ0n) is 16.1. The summed E-state index contributed by atoms with van der Waals surface area (Å²) < 4.78 is 0. The molecule has 5 nitrogen and oxygen atoms in total. The fourth-order valence-electron chi connectivity index (χ4n) is 2.83. The van der Waals surface area contributed by atoms with E-state index < -0.39 is 0 Å². The van der Waals surface area contributed by atoms with Crippen LogP contribution in [0.1, 0.15) is 46.9 Å². The smallest absolute Gasteiger partial charge is 0.275 e. The van der Waals surface area contributed by atoms with Crippen LogP contribution in [0.3, 0.4) is 0 Å². The third-order valence-corrected chi connectivity index (χ3v) is 4.58. The van der Waals surface area contributed by atoms with E-state index in [0.717, 1.165) is 22.5 Å². The standard InChI is InChI=1S/C22H24N4O/c1-14(2)17-9-5-6-10-19(17)25-21-13-23-20(12-24-21)22(27)26-18-11-7-8-15(3)16(18)4/h5-14H,1-4H3,(H,24,25)(H,26,27). The number of anilines is 3. The second kappa shape index (κ2) is 7.99. The molecule has 0 aliphatic rings. The first-order chi connectivity index (χ1) is 13.0. The van der Waals surface area contributed by atoms with Gasteiger partial charge in [-0.2, -0.15) is 0 Å². The van der Waals surface area contributed by atoms with E-state index in [1.54, 1.807) is 6.20 Å². The van der Waals surface area contributed by atoms with E-state index in [1.807, 2.05) is 50.2 Å². The summed E-state index contributed by atoms with van der Waals surface area (Å²) in [7, 11) is 0. The van der Waals surface area contributed by atoms with Crippen molar-refractivity contribution in [3.63, 3.8) is 0 Å². The minimum Gasteiger partial charge on any atom is -0.339 e. The maximum absolute atomic E-state index is 12.5. The molecule has 27 heavy (non-hydrogen) atoms. The van der Waals surface area contributed by atoms with Gasteiger partial charge in [0.25, 0.3) is 5.91 Å². The predicted octanol–water partition coefficient (Wildman–Crippen LogP) is 5.21. The number of nitrogens with one attached hydrogen (secondary N) is 2. The highest BCUT2D eigenvalue weighted by molar-refractivity contribution is 6.03. The van der Waals surface area contributed by atoms with Crippen LogP contribution in [-0.2, 0) is 0 Å². The van der Waals surface area contributed by atoms with Crippen LogP contribution in [0.25, 0.3) is 0 Å². The van der Waals surface area contributed by atoms with Gasteiger partial charge in [0.05, 0.1) is 12.4 Å². The van der Waals surface area contributed by atoms with Crippen molar-refractivity contribution in [1.29, 1.82) is 0 Å². The molecule has 0 saturated heterocycles. The van der Waals surface area contributed by atoms with E-state index in [2.05, 4.69) is 40.5 Å². The largest absolute Gasteiger partial charge is 0.339 e. The molecule has 3 rings (SSSR count). The average Bonchev–Trinajstić information content (AvgIpc) is 2.66. The Balaban J connectivity index is 1.74. The number of para-hydroxylation sites is 1. The van der Waals surface area contributed by atoms with E-state index in [0.29, 0.717) is 11.7 Å². The maximum atomic E-state index is 12.5. The highest BCUT2D eigenvalue weighted by Crippen LogP contribution is 2.26. The first-order valence-corrected chi connectivity index (χ1v) is 9.01. The molecule has 0 atom stereocenters. The van der Waals surface area contributed by atoms with Crippen LogP contribution in [0.4, 0.5) is 17.2 Å². The Hall–Kier alpha value is -3.21. The van der Waals surface area contributed by atoms with E-state index >= 15 is 0 Å². The highest BCUT2D eigenvalue weighted by Gasteiger charge is 2.11. The van der Waals surface area contributed by atoms with Crippen molar-refractivity contribution in [1.82, 2.24) is 9.97 Å². The molecular weight excluding hydrogens is 336 g/mol. The van der Waals surface area contributed by atoms with Gasteiger partial charge in [0.2, 0.25) is 0 Å².